The molecule has 2 N–H and O–H groups in total. The van der Waals surface area contributed by atoms with Gasteiger partial charge >= 0.3 is 6.18 Å². The van der Waals surface area contributed by atoms with Crippen LogP contribution < -0.4 is 10.6 Å². The molecule has 0 fully saturated rings. The van der Waals surface area contributed by atoms with Crippen LogP contribution in [0.3, 0.4) is 0 Å². The summed E-state index contributed by atoms with van der Waals surface area (Å²) in [6.45, 7) is 0.391. The summed E-state index contributed by atoms with van der Waals surface area (Å²) >= 11 is 0. The summed E-state index contributed by atoms with van der Waals surface area (Å²) in [6.07, 6.45) is -3.67. The highest BCUT2D eigenvalue weighted by molar-refractivity contribution is 6.00. The van der Waals surface area contributed by atoms with Gasteiger partial charge in [-0.25, -0.2) is 0 Å². The first-order valence-corrected chi connectivity index (χ1v) is 8.16. The number of carbonyl (C=O) groups is 2. The third kappa shape index (κ3) is 3.42. The van der Waals surface area contributed by atoms with Gasteiger partial charge in [0.2, 0.25) is 11.8 Å². The molecule has 0 saturated carbocycles. The normalized spacial score (nSPS) is 14.0. The fourth-order valence-electron chi connectivity index (χ4n) is 3.32. The number of primary amides is 1. The maximum atomic E-state index is 13.1. The van der Waals surface area contributed by atoms with E-state index in [1.165, 1.54) is 23.1 Å². The van der Waals surface area contributed by atoms with Gasteiger partial charge in [-0.15, -0.1) is 0 Å². The maximum Gasteiger partial charge on any atom is 0.416 e. The average molecular weight is 362 g/mol. The molecule has 26 heavy (non-hydrogen) atoms. The van der Waals surface area contributed by atoms with E-state index in [1.54, 1.807) is 18.2 Å². The number of alkyl halides is 3. The molecule has 1 aliphatic rings. The molecule has 2 aromatic rings. The van der Waals surface area contributed by atoms with Crippen molar-refractivity contribution >= 4 is 17.5 Å². The van der Waals surface area contributed by atoms with Crippen LogP contribution in [0.15, 0.2) is 42.5 Å². The molecule has 0 radical (unpaired) electrons. The van der Waals surface area contributed by atoms with Gasteiger partial charge in [0.15, 0.2) is 0 Å². The number of amides is 2. The van der Waals surface area contributed by atoms with Crippen LogP contribution >= 0.6 is 0 Å². The number of benzene rings is 2. The monoisotopic (exact) mass is 362 g/mol. The van der Waals surface area contributed by atoms with E-state index < -0.39 is 23.6 Å². The van der Waals surface area contributed by atoms with Crippen molar-refractivity contribution in [3.63, 3.8) is 0 Å². The second-order valence-corrected chi connectivity index (χ2v) is 6.15. The van der Waals surface area contributed by atoms with E-state index in [0.29, 0.717) is 36.2 Å². The molecular formula is C19H17F3N2O2. The summed E-state index contributed by atoms with van der Waals surface area (Å²) in [4.78, 5) is 25.8. The van der Waals surface area contributed by atoms with Crippen LogP contribution in [0.4, 0.5) is 18.9 Å². The molecule has 0 saturated heterocycles. The van der Waals surface area contributed by atoms with Crippen molar-refractivity contribution in [2.24, 2.45) is 5.73 Å². The highest BCUT2D eigenvalue weighted by Gasteiger charge is 2.34. The number of carbonyl (C=O) groups excluding carboxylic acids is 2. The van der Waals surface area contributed by atoms with Crippen molar-refractivity contribution in [2.75, 3.05) is 11.4 Å². The zero-order valence-corrected chi connectivity index (χ0v) is 13.8. The Kier molecular flexibility index (Phi) is 4.71. The number of fused-ring (bicyclic) bond motifs is 1. The topological polar surface area (TPSA) is 63.4 Å². The molecule has 0 aromatic heterocycles. The molecule has 0 aliphatic carbocycles. The lowest BCUT2D eigenvalue weighted by molar-refractivity contribution is -0.138. The van der Waals surface area contributed by atoms with E-state index in [4.69, 9.17) is 5.73 Å². The first-order valence-electron chi connectivity index (χ1n) is 8.16. The van der Waals surface area contributed by atoms with Gasteiger partial charge in [0.25, 0.3) is 0 Å². The van der Waals surface area contributed by atoms with Crippen molar-refractivity contribution in [1.29, 1.82) is 0 Å². The van der Waals surface area contributed by atoms with Gasteiger partial charge in [0.05, 0.1) is 12.0 Å². The Bertz CT molecular complexity index is 862. The summed E-state index contributed by atoms with van der Waals surface area (Å²) in [5.41, 5.74) is 6.06. The third-order valence-corrected chi connectivity index (χ3v) is 4.48. The molecule has 1 heterocycles. The largest absolute Gasteiger partial charge is 0.416 e. The summed E-state index contributed by atoms with van der Waals surface area (Å²) < 4.78 is 39.4. The Labute approximate surface area is 148 Å². The molecule has 7 heteroatoms. The Balaban J connectivity index is 1.93. The smallest absolute Gasteiger partial charge is 0.366 e. The second kappa shape index (κ2) is 6.82. The molecule has 1 aliphatic heterocycles. The van der Waals surface area contributed by atoms with Gasteiger partial charge in [-0.05, 0) is 42.2 Å². The van der Waals surface area contributed by atoms with E-state index in [1.807, 2.05) is 0 Å². The van der Waals surface area contributed by atoms with Crippen molar-refractivity contribution in [1.82, 2.24) is 0 Å². The third-order valence-electron chi connectivity index (χ3n) is 4.48. The van der Waals surface area contributed by atoms with E-state index in [2.05, 4.69) is 0 Å². The summed E-state index contributed by atoms with van der Waals surface area (Å²) in [6, 6.07) is 9.96. The van der Waals surface area contributed by atoms with Crippen molar-refractivity contribution < 1.29 is 22.8 Å². The Morgan fingerprint density at radius 3 is 2.50 bits per heavy atom. The van der Waals surface area contributed by atoms with Crippen LogP contribution in [0.5, 0.6) is 0 Å². The lowest BCUT2D eigenvalue weighted by Gasteiger charge is -2.31. The lowest BCUT2D eigenvalue weighted by atomic mass is 9.95. The quantitative estimate of drug-likeness (QED) is 0.910. The first-order chi connectivity index (χ1) is 12.3. The maximum absolute atomic E-state index is 13.1. The minimum Gasteiger partial charge on any atom is -0.366 e. The number of anilines is 1. The highest BCUT2D eigenvalue weighted by Crippen LogP contribution is 2.34. The van der Waals surface area contributed by atoms with Crippen LogP contribution in [0, 0.1) is 0 Å². The number of nitrogens with zero attached hydrogens (tertiary/aromatic N) is 1. The fraction of sp³-hybridized carbons (Fsp3) is 0.263. The summed E-state index contributed by atoms with van der Waals surface area (Å²) in [7, 11) is 0. The van der Waals surface area contributed by atoms with Gasteiger partial charge in [-0.2, -0.15) is 13.2 Å². The van der Waals surface area contributed by atoms with Crippen molar-refractivity contribution in [3.05, 3.63) is 64.7 Å². The standard InChI is InChI=1S/C19H17F3N2O2/c20-19(21,22)15-8-2-1-5-12(15)11-17(25)24-10-4-7-13-14(18(23)26)6-3-9-16(13)24/h1-3,5-6,8-9H,4,7,10-11H2,(H2,23,26). The van der Waals surface area contributed by atoms with E-state index in [-0.39, 0.29) is 12.0 Å². The number of nitrogens with two attached hydrogens (primary N) is 1. The summed E-state index contributed by atoms with van der Waals surface area (Å²) in [5, 5.41) is 0. The SMILES string of the molecule is NC(=O)c1cccc2c1CCCN2C(=O)Cc1ccccc1C(F)(F)F. The zero-order chi connectivity index (χ0) is 18.9. The van der Waals surface area contributed by atoms with E-state index in [0.717, 1.165) is 6.07 Å². The molecule has 2 aromatic carbocycles. The molecule has 0 unspecified atom stereocenters. The Morgan fingerprint density at radius 1 is 1.08 bits per heavy atom. The van der Waals surface area contributed by atoms with E-state index >= 15 is 0 Å². The first kappa shape index (κ1) is 18.0. The molecule has 3 rings (SSSR count). The van der Waals surface area contributed by atoms with Gasteiger partial charge < -0.3 is 10.6 Å². The van der Waals surface area contributed by atoms with Crippen LogP contribution in [0.2, 0.25) is 0 Å². The molecule has 0 bridgehead atoms. The molecule has 136 valence electrons. The van der Waals surface area contributed by atoms with E-state index in [9.17, 15) is 22.8 Å². The number of halogens is 3. The predicted octanol–water partition coefficient (Wildman–Crippen LogP) is 3.33. The lowest BCUT2D eigenvalue weighted by Crippen LogP contribution is -2.37. The minimum absolute atomic E-state index is 0.0665. The van der Waals surface area contributed by atoms with Crippen LogP contribution in [-0.4, -0.2) is 18.4 Å². The van der Waals surface area contributed by atoms with Gasteiger partial charge in [-0.1, -0.05) is 24.3 Å². The minimum atomic E-state index is -4.52. The predicted molar refractivity (Wildman–Crippen MR) is 90.8 cm³/mol. The molecule has 0 spiro atoms. The van der Waals surface area contributed by atoms with Gasteiger partial charge in [0, 0.05) is 17.8 Å². The fourth-order valence-corrected chi connectivity index (χ4v) is 3.32. The molecular weight excluding hydrogens is 345 g/mol. The van der Waals surface area contributed by atoms with Crippen LogP contribution in [-0.2, 0) is 23.8 Å². The molecule has 4 nitrogen and oxygen atoms in total. The van der Waals surface area contributed by atoms with Crippen LogP contribution in [0.25, 0.3) is 0 Å². The second-order valence-electron chi connectivity index (χ2n) is 6.15. The average Bonchev–Trinajstić information content (AvgIpc) is 2.60. The molecule has 2 amide bonds. The molecule has 0 atom stereocenters. The van der Waals surface area contributed by atoms with Crippen molar-refractivity contribution in [2.45, 2.75) is 25.4 Å². The summed E-state index contributed by atoms with van der Waals surface area (Å²) in [5.74, 6) is -1.03. The highest BCUT2D eigenvalue weighted by atomic mass is 19.4. The number of hydrogen-bond donors (Lipinski definition) is 1. The number of hydrogen-bond acceptors (Lipinski definition) is 2. The van der Waals surface area contributed by atoms with Crippen LogP contribution in [0.1, 0.15) is 33.5 Å². The van der Waals surface area contributed by atoms with Gasteiger partial charge in [-0.3, -0.25) is 9.59 Å². The van der Waals surface area contributed by atoms with Crippen molar-refractivity contribution in [3.8, 4) is 0 Å². The Morgan fingerprint density at radius 2 is 1.81 bits per heavy atom. The Hall–Kier alpha value is -2.83. The zero-order valence-electron chi connectivity index (χ0n) is 13.8. The van der Waals surface area contributed by atoms with Gasteiger partial charge in [0.1, 0.15) is 0 Å². The number of rotatable bonds is 3.